The van der Waals surface area contributed by atoms with Gasteiger partial charge in [0.15, 0.2) is 4.99 Å². The van der Waals surface area contributed by atoms with E-state index in [-0.39, 0.29) is 12.8 Å². The van der Waals surface area contributed by atoms with Crippen LogP contribution in [0.15, 0.2) is 54.6 Å². The summed E-state index contributed by atoms with van der Waals surface area (Å²) in [6.45, 7) is 0. The van der Waals surface area contributed by atoms with Crippen molar-refractivity contribution >= 4 is 17.7 Å². The minimum Gasteiger partial charge on any atom is -0.457 e. The van der Waals surface area contributed by atoms with Gasteiger partial charge in [-0.15, -0.1) is 0 Å². The van der Waals surface area contributed by atoms with Crippen LogP contribution in [0.1, 0.15) is 24.8 Å². The van der Waals surface area contributed by atoms with Crippen molar-refractivity contribution in [3.05, 3.63) is 60.2 Å². The molecular formula is C17H21O7PS. The molecule has 0 saturated heterocycles. The Morgan fingerprint density at radius 1 is 0.962 bits per heavy atom. The van der Waals surface area contributed by atoms with Crippen molar-refractivity contribution in [3.8, 4) is 11.5 Å². The summed E-state index contributed by atoms with van der Waals surface area (Å²) in [6.07, 6.45) is 1.05. The molecule has 7 nitrogen and oxygen atoms in total. The van der Waals surface area contributed by atoms with E-state index in [4.69, 9.17) is 19.1 Å². The van der Waals surface area contributed by atoms with Crippen molar-refractivity contribution in [2.24, 2.45) is 0 Å². The largest absolute Gasteiger partial charge is 0.457 e. The predicted octanol–water partition coefficient (Wildman–Crippen LogP) is 3.58. The molecule has 0 fully saturated rings. The number of rotatable bonds is 9. The molecule has 0 heterocycles. The molecule has 2 aromatic carbocycles. The summed E-state index contributed by atoms with van der Waals surface area (Å²) in [6, 6.07) is 16.7. The molecule has 2 rings (SSSR count). The highest BCUT2D eigenvalue weighted by atomic mass is 32.2. The highest BCUT2D eigenvalue weighted by molar-refractivity contribution is 7.93. The van der Waals surface area contributed by atoms with E-state index < -0.39 is 22.7 Å². The number of aryl methyl sites for hydroxylation is 1. The zero-order valence-corrected chi connectivity index (χ0v) is 15.6. The molecule has 9 heteroatoms. The molecule has 0 saturated carbocycles. The minimum absolute atomic E-state index is 0.249. The molecule has 3 N–H and O–H groups in total. The van der Waals surface area contributed by atoms with E-state index in [1.54, 1.807) is 0 Å². The SMILES string of the molecule is O=P(O)(O)C(CCCCc1cccc(Oc2ccccc2)c1)S(=O)(=O)O. The first-order valence-corrected chi connectivity index (χ1v) is 11.2. The zero-order chi connectivity index (χ0) is 19.2. The third-order valence-electron chi connectivity index (χ3n) is 3.76. The number of benzene rings is 2. The summed E-state index contributed by atoms with van der Waals surface area (Å²) < 4.78 is 48.1. The topological polar surface area (TPSA) is 121 Å². The van der Waals surface area contributed by atoms with E-state index in [9.17, 15) is 13.0 Å². The van der Waals surface area contributed by atoms with Crippen molar-refractivity contribution in [2.45, 2.75) is 30.7 Å². The lowest BCUT2D eigenvalue weighted by Gasteiger charge is -2.15. The van der Waals surface area contributed by atoms with Crippen LogP contribution in [-0.4, -0.2) is 27.7 Å². The summed E-state index contributed by atoms with van der Waals surface area (Å²) in [7, 11) is -9.71. The summed E-state index contributed by atoms with van der Waals surface area (Å²) in [5.41, 5.74) is 0.956. The van der Waals surface area contributed by atoms with Gasteiger partial charge in [-0.1, -0.05) is 36.8 Å². The fourth-order valence-electron chi connectivity index (χ4n) is 2.53. The van der Waals surface area contributed by atoms with Crippen LogP contribution in [0.3, 0.4) is 0 Å². The monoisotopic (exact) mass is 400 g/mol. The average Bonchev–Trinajstić information content (AvgIpc) is 2.53. The summed E-state index contributed by atoms with van der Waals surface area (Å²) in [5, 5.41) is 0. The predicted molar refractivity (Wildman–Crippen MR) is 97.9 cm³/mol. The molecule has 142 valence electrons. The number of ether oxygens (including phenoxy) is 1. The molecule has 0 spiro atoms. The van der Waals surface area contributed by atoms with Gasteiger partial charge >= 0.3 is 7.60 Å². The van der Waals surface area contributed by atoms with Crippen LogP contribution in [0, 0.1) is 0 Å². The van der Waals surface area contributed by atoms with Crippen molar-refractivity contribution in [2.75, 3.05) is 0 Å². The van der Waals surface area contributed by atoms with Crippen molar-refractivity contribution < 1.29 is 32.1 Å². The van der Waals surface area contributed by atoms with Crippen molar-refractivity contribution in [1.29, 1.82) is 0 Å². The Morgan fingerprint density at radius 3 is 2.23 bits per heavy atom. The molecule has 1 atom stereocenters. The standard InChI is InChI=1S/C17H21O7PS/c18-25(19,20)17(26(21,22)23)12-5-4-7-14-8-6-11-16(13-14)24-15-9-2-1-3-10-15/h1-3,6,8-11,13,17H,4-5,7,12H2,(H2,18,19,20)(H,21,22,23). The van der Waals surface area contributed by atoms with E-state index in [2.05, 4.69) is 0 Å². The first kappa shape index (κ1) is 20.6. The fourth-order valence-corrected chi connectivity index (χ4v) is 4.90. The smallest absolute Gasteiger partial charge is 0.346 e. The normalized spacial score (nSPS) is 13.3. The second-order valence-corrected chi connectivity index (χ2v) is 9.62. The molecule has 2 aromatic rings. The number of hydrogen-bond donors (Lipinski definition) is 3. The van der Waals surface area contributed by atoms with Crippen LogP contribution in [-0.2, 0) is 21.1 Å². The maximum Gasteiger partial charge on any atom is 0.346 e. The Morgan fingerprint density at radius 2 is 1.62 bits per heavy atom. The lowest BCUT2D eigenvalue weighted by Crippen LogP contribution is -2.20. The van der Waals surface area contributed by atoms with Crippen LogP contribution in [0.25, 0.3) is 0 Å². The van der Waals surface area contributed by atoms with Gasteiger partial charge in [0.2, 0.25) is 0 Å². The van der Waals surface area contributed by atoms with Gasteiger partial charge in [-0.25, -0.2) is 0 Å². The highest BCUT2D eigenvalue weighted by Crippen LogP contribution is 2.46. The van der Waals surface area contributed by atoms with Gasteiger partial charge in [0.1, 0.15) is 11.5 Å². The Kier molecular flexibility index (Phi) is 6.97. The maximum atomic E-state index is 11.2. The van der Waals surface area contributed by atoms with E-state index in [1.165, 1.54) is 0 Å². The van der Waals surface area contributed by atoms with Crippen molar-refractivity contribution in [3.63, 3.8) is 0 Å². The number of para-hydroxylation sites is 1. The first-order valence-electron chi connectivity index (χ1n) is 7.99. The second kappa shape index (κ2) is 8.79. The van der Waals surface area contributed by atoms with Crippen LogP contribution < -0.4 is 4.74 Å². The van der Waals surface area contributed by atoms with Gasteiger partial charge in [0.25, 0.3) is 10.1 Å². The third kappa shape index (κ3) is 6.55. The van der Waals surface area contributed by atoms with E-state index in [1.807, 2.05) is 54.6 Å². The van der Waals surface area contributed by atoms with E-state index in [0.29, 0.717) is 24.3 Å². The molecule has 0 amide bonds. The number of unbranched alkanes of at least 4 members (excludes halogenated alkanes) is 1. The summed E-state index contributed by atoms with van der Waals surface area (Å²) in [4.78, 5) is 16.1. The lowest BCUT2D eigenvalue weighted by molar-refractivity contribution is 0.360. The summed E-state index contributed by atoms with van der Waals surface area (Å²) >= 11 is 0. The maximum absolute atomic E-state index is 11.2. The van der Waals surface area contributed by atoms with Gasteiger partial charge < -0.3 is 14.5 Å². The first-order chi connectivity index (χ1) is 12.2. The molecule has 0 bridgehead atoms. The Labute approximate surface area is 152 Å². The molecular weight excluding hydrogens is 379 g/mol. The molecule has 0 aliphatic rings. The Bertz CT molecular complexity index is 862. The fraction of sp³-hybridized carbons (Fsp3) is 0.294. The van der Waals surface area contributed by atoms with Crippen LogP contribution in [0.5, 0.6) is 11.5 Å². The Balaban J connectivity index is 1.90. The lowest BCUT2D eigenvalue weighted by atomic mass is 10.1. The van der Waals surface area contributed by atoms with Crippen LogP contribution in [0.2, 0.25) is 0 Å². The Hall–Kier alpha value is -1.70. The average molecular weight is 400 g/mol. The molecule has 0 aliphatic heterocycles. The van der Waals surface area contributed by atoms with E-state index >= 15 is 0 Å². The van der Waals surface area contributed by atoms with Gasteiger partial charge in [0.05, 0.1) is 0 Å². The van der Waals surface area contributed by atoms with Crippen molar-refractivity contribution in [1.82, 2.24) is 0 Å². The van der Waals surface area contributed by atoms with Crippen LogP contribution >= 0.6 is 7.60 Å². The highest BCUT2D eigenvalue weighted by Gasteiger charge is 2.38. The quantitative estimate of drug-likeness (QED) is 0.334. The minimum atomic E-state index is -4.91. The van der Waals surface area contributed by atoms with Gasteiger partial charge in [-0.05, 0) is 49.1 Å². The molecule has 0 radical (unpaired) electrons. The van der Waals surface area contributed by atoms with Gasteiger partial charge in [0, 0.05) is 0 Å². The molecule has 0 aromatic heterocycles. The van der Waals surface area contributed by atoms with Gasteiger partial charge in [-0.2, -0.15) is 8.42 Å². The number of hydrogen-bond acceptors (Lipinski definition) is 4. The van der Waals surface area contributed by atoms with Crippen LogP contribution in [0.4, 0.5) is 0 Å². The van der Waals surface area contributed by atoms with Gasteiger partial charge in [-0.3, -0.25) is 9.12 Å². The van der Waals surface area contributed by atoms with E-state index in [0.717, 1.165) is 5.56 Å². The molecule has 0 aliphatic carbocycles. The second-order valence-electron chi connectivity index (χ2n) is 5.87. The summed E-state index contributed by atoms with van der Waals surface area (Å²) in [5.74, 6) is 1.38. The molecule has 1 unspecified atom stereocenters. The third-order valence-corrected chi connectivity index (χ3v) is 7.32. The zero-order valence-electron chi connectivity index (χ0n) is 13.9. The molecule has 26 heavy (non-hydrogen) atoms.